The zero-order valence-electron chi connectivity index (χ0n) is 53.4. The average molecular weight is 1380 g/mol. The van der Waals surface area contributed by atoms with Crippen LogP contribution in [0.1, 0.15) is 61.8 Å². The number of nitrogens with one attached hydrogen (secondary N) is 11. The first-order chi connectivity index (χ1) is 46.3. The number of rotatable bonds is 40. The molecule has 0 fully saturated rings. The number of amides is 11. The van der Waals surface area contributed by atoms with Crippen LogP contribution in [0.25, 0.3) is 10.9 Å². The van der Waals surface area contributed by atoms with Crippen LogP contribution < -0.4 is 70.4 Å². The molecule has 97 heavy (non-hydrogen) atoms. The number of aromatic nitrogens is 1. The maximum atomic E-state index is 15.1. The summed E-state index contributed by atoms with van der Waals surface area (Å²) in [5.74, 6) is -13.1. The number of thiol groups is 2. The minimum absolute atomic E-state index is 0.119. The van der Waals surface area contributed by atoms with E-state index >= 15 is 9.59 Å². The number of carbonyl (C=O) groups is 12. The van der Waals surface area contributed by atoms with Gasteiger partial charge < -0.3 is 95.8 Å². The normalized spacial score (nSPS) is 15.2. The highest BCUT2D eigenvalue weighted by molar-refractivity contribution is 7.80. The molecular formula is C65H86N14O16S2. The fourth-order valence-corrected chi connectivity index (χ4v) is 10.4. The van der Waals surface area contributed by atoms with Gasteiger partial charge in [0, 0.05) is 54.3 Å². The smallest absolute Gasteiger partial charge is 0.327 e. The summed E-state index contributed by atoms with van der Waals surface area (Å²) in [6.07, 6.45) is -2.93. The van der Waals surface area contributed by atoms with Gasteiger partial charge in [-0.25, -0.2) is 4.79 Å². The number of para-hydroxylation sites is 1. The van der Waals surface area contributed by atoms with E-state index in [9.17, 15) is 68.4 Å². The van der Waals surface area contributed by atoms with Crippen molar-refractivity contribution >= 4 is 107 Å². The summed E-state index contributed by atoms with van der Waals surface area (Å²) >= 11 is 7.93. The van der Waals surface area contributed by atoms with Gasteiger partial charge in [-0.2, -0.15) is 25.3 Å². The van der Waals surface area contributed by atoms with Gasteiger partial charge in [0.25, 0.3) is 0 Å². The molecule has 0 spiro atoms. The quantitative estimate of drug-likeness (QED) is 0.0133. The molecule has 0 saturated heterocycles. The Kier molecular flexibility index (Phi) is 31.9. The van der Waals surface area contributed by atoms with Crippen LogP contribution >= 0.6 is 25.3 Å². The van der Waals surface area contributed by atoms with Gasteiger partial charge in [0.05, 0.1) is 31.3 Å². The summed E-state index contributed by atoms with van der Waals surface area (Å²) in [7, 11) is 0. The molecule has 1 aromatic heterocycles. The van der Waals surface area contributed by atoms with Gasteiger partial charge in [-0.05, 0) is 68.0 Å². The van der Waals surface area contributed by atoms with Crippen molar-refractivity contribution in [1.82, 2.24) is 58.2 Å². The van der Waals surface area contributed by atoms with Crippen molar-refractivity contribution in [3.05, 3.63) is 144 Å². The monoisotopic (exact) mass is 1380 g/mol. The number of primary amides is 1. The SMILES string of the molecule is CC(O)[C@H](NC(=O)[C@H](Cc1ccccc1)NC(=O)[C@@H](NC(=O)[C@H](CCCCN)NC(=O)[C@@H](Cc1c[nH]c2ccccc12)NC(=O)[C@H](Cc1ccccc1)NC(=O)[C@H](Cc1ccccc1)NC(=O)[C@H](CC(N)=O)NC(=O)[C@@H](N)CS)C(C)O)C(=O)N[C@@H](CO)C(=O)N[C@@H](CS)C(=O)O. The molecule has 4 aromatic carbocycles. The second-order valence-corrected chi connectivity index (χ2v) is 23.8. The molecule has 524 valence electrons. The summed E-state index contributed by atoms with van der Waals surface area (Å²) in [4.78, 5) is 169. The van der Waals surface area contributed by atoms with Crippen LogP contribution in [0.2, 0.25) is 0 Å². The number of nitrogens with two attached hydrogens (primary N) is 3. The standard InChI is InChI=1S/C65H86N14O16S2/c1-35(81)53(63(92)75-47(28-39-20-10-5-11-21-39)61(90)79-54(36(2)82)64(93)76-50(32-80)62(91)77-51(34-97)65(94)95)78-56(85)44(24-14-15-25-66)70-59(88)48(29-40-31-69-43-23-13-12-22-41(40)43)74-58(87)46(27-38-18-8-4-9-19-38)72-57(86)45(26-37-16-6-3-7-17-37)73-60(89)49(30-52(68)83)71-55(84)42(67)33-96/h3-13,16-23,31,35-36,42,44-51,53-54,69,80-82,96-97H,14-15,24-30,32-34,66-67H2,1-2H3,(H2,68,83)(H,70,88)(H,71,84)(H,72,86)(H,73,89)(H,74,87)(H,75,92)(H,76,93)(H,77,91)(H,78,85)(H,79,90)(H,94,95)/t35?,36?,42-,44-,45-,46-,47-,48+,49-,50-,51-,53-,54-/m0/s1. The van der Waals surface area contributed by atoms with E-state index in [1.807, 2.05) is 0 Å². The zero-order valence-corrected chi connectivity index (χ0v) is 55.1. The fourth-order valence-electron chi connectivity index (χ4n) is 10.0. The van der Waals surface area contributed by atoms with Gasteiger partial charge in [0.2, 0.25) is 65.0 Å². The Labute approximate surface area is 570 Å². The van der Waals surface area contributed by atoms with Crippen LogP contribution in [-0.2, 0) is 83.2 Å². The Morgan fingerprint density at radius 3 is 1.25 bits per heavy atom. The molecule has 11 amide bonds. The number of carboxylic acids is 1. The lowest BCUT2D eigenvalue weighted by molar-refractivity contribution is -0.142. The fraction of sp³-hybridized carbons (Fsp3) is 0.415. The number of H-pyrrole nitrogens is 1. The van der Waals surface area contributed by atoms with Crippen molar-refractivity contribution < 1.29 is 78.0 Å². The second kappa shape index (κ2) is 39.6. The first-order valence-electron chi connectivity index (χ1n) is 31.1. The molecule has 0 saturated carbocycles. The van der Waals surface area contributed by atoms with Gasteiger partial charge in [0.15, 0.2) is 0 Å². The van der Waals surface area contributed by atoms with Crippen LogP contribution in [0.15, 0.2) is 121 Å². The third-order valence-corrected chi connectivity index (χ3v) is 16.1. The Bertz CT molecular complexity index is 3480. The number of aliphatic carboxylic acids is 1. The van der Waals surface area contributed by atoms with Gasteiger partial charge in [-0.1, -0.05) is 109 Å². The number of aliphatic hydroxyl groups is 3. The third kappa shape index (κ3) is 24.9. The minimum atomic E-state index is -1.87. The van der Waals surface area contributed by atoms with E-state index in [1.54, 1.807) is 121 Å². The number of carbonyl (C=O) groups excluding carboxylic acids is 11. The number of benzene rings is 4. The van der Waals surface area contributed by atoms with Crippen molar-refractivity contribution in [2.24, 2.45) is 17.2 Å². The molecule has 0 bridgehead atoms. The summed E-state index contributed by atoms with van der Waals surface area (Å²) < 4.78 is 0. The van der Waals surface area contributed by atoms with Crippen LogP contribution in [0, 0.1) is 0 Å². The maximum absolute atomic E-state index is 15.1. The third-order valence-electron chi connectivity index (χ3n) is 15.4. The molecule has 5 aromatic rings. The predicted octanol–water partition coefficient (Wildman–Crippen LogP) is -3.68. The first kappa shape index (κ1) is 78.3. The van der Waals surface area contributed by atoms with E-state index < -0.39 is 163 Å². The lowest BCUT2D eigenvalue weighted by Crippen LogP contribution is -2.63. The number of hydrogen-bond donors (Lipinski definition) is 20. The molecule has 13 atom stereocenters. The van der Waals surface area contributed by atoms with Crippen molar-refractivity contribution in [1.29, 1.82) is 0 Å². The highest BCUT2D eigenvalue weighted by Crippen LogP contribution is 2.20. The first-order valence-corrected chi connectivity index (χ1v) is 32.4. The number of aliphatic hydroxyl groups excluding tert-OH is 3. The lowest BCUT2D eigenvalue weighted by Gasteiger charge is -2.29. The Hall–Kier alpha value is -9.44. The molecule has 21 N–H and O–H groups in total. The number of carboxylic acid groups (broad SMARTS) is 1. The maximum Gasteiger partial charge on any atom is 0.327 e. The molecule has 1 heterocycles. The van der Waals surface area contributed by atoms with Crippen molar-refractivity contribution in [2.75, 3.05) is 24.7 Å². The van der Waals surface area contributed by atoms with Gasteiger partial charge in [-0.3, -0.25) is 52.7 Å². The molecule has 5 rings (SSSR count). The van der Waals surface area contributed by atoms with Crippen molar-refractivity contribution in [2.45, 2.75) is 144 Å². The van der Waals surface area contributed by atoms with E-state index in [-0.39, 0.29) is 56.6 Å². The van der Waals surface area contributed by atoms with Crippen molar-refractivity contribution in [3.63, 3.8) is 0 Å². The number of hydrogen-bond acceptors (Lipinski definition) is 19. The van der Waals surface area contributed by atoms with E-state index in [4.69, 9.17) is 17.2 Å². The van der Waals surface area contributed by atoms with Gasteiger partial charge in [0.1, 0.15) is 60.4 Å². The topological polar surface area (TPSA) is 500 Å². The molecule has 0 radical (unpaired) electrons. The highest BCUT2D eigenvalue weighted by Gasteiger charge is 2.38. The molecule has 0 aliphatic carbocycles. The Morgan fingerprint density at radius 1 is 0.454 bits per heavy atom. The van der Waals surface area contributed by atoms with E-state index in [2.05, 4.69) is 83.4 Å². The van der Waals surface area contributed by atoms with Gasteiger partial charge in [-0.15, -0.1) is 0 Å². The summed E-state index contributed by atoms with van der Waals surface area (Å²) in [5, 5.41) is 66.8. The molecular weight excluding hydrogens is 1300 g/mol. The zero-order chi connectivity index (χ0) is 71.3. The van der Waals surface area contributed by atoms with Gasteiger partial charge >= 0.3 is 5.97 Å². The number of fused-ring (bicyclic) bond motifs is 1. The van der Waals surface area contributed by atoms with Crippen LogP contribution in [-0.4, -0.2) is 200 Å². The highest BCUT2D eigenvalue weighted by atomic mass is 32.1. The number of aromatic amines is 1. The summed E-state index contributed by atoms with van der Waals surface area (Å²) in [6, 6.07) is 14.7. The van der Waals surface area contributed by atoms with Crippen LogP contribution in [0.4, 0.5) is 0 Å². The summed E-state index contributed by atoms with van der Waals surface area (Å²) in [6.45, 7) is 1.39. The van der Waals surface area contributed by atoms with Crippen LogP contribution in [0.3, 0.4) is 0 Å². The van der Waals surface area contributed by atoms with Crippen LogP contribution in [0.5, 0.6) is 0 Å². The van der Waals surface area contributed by atoms with Crippen molar-refractivity contribution in [3.8, 4) is 0 Å². The molecule has 2 unspecified atom stereocenters. The Morgan fingerprint density at radius 2 is 0.825 bits per heavy atom. The van der Waals surface area contributed by atoms with E-state index in [1.165, 1.54) is 0 Å². The largest absolute Gasteiger partial charge is 0.480 e. The average Bonchev–Trinajstić information content (AvgIpc) is 1.70. The molecule has 30 nitrogen and oxygen atoms in total. The van der Waals surface area contributed by atoms with E-state index in [0.29, 0.717) is 39.6 Å². The minimum Gasteiger partial charge on any atom is -0.480 e. The Balaban J connectivity index is 1.46. The summed E-state index contributed by atoms with van der Waals surface area (Å²) in [5.41, 5.74) is 19.9. The molecule has 0 aliphatic rings. The van der Waals surface area contributed by atoms with E-state index in [0.717, 1.165) is 13.8 Å². The molecule has 32 heteroatoms. The second-order valence-electron chi connectivity index (χ2n) is 23.0. The lowest BCUT2D eigenvalue weighted by atomic mass is 10.00. The predicted molar refractivity (Wildman–Crippen MR) is 362 cm³/mol. The number of unbranched alkanes of at least 4 members (excludes halogenated alkanes) is 1. The molecule has 0 aliphatic heterocycles.